The van der Waals surface area contributed by atoms with Crippen LogP contribution < -0.4 is 15.4 Å². The second-order valence-corrected chi connectivity index (χ2v) is 5.19. The third kappa shape index (κ3) is 3.16. The molecule has 0 radical (unpaired) electrons. The third-order valence-corrected chi connectivity index (χ3v) is 3.68. The van der Waals surface area contributed by atoms with E-state index in [0.717, 1.165) is 41.7 Å². The Labute approximate surface area is 115 Å². The summed E-state index contributed by atoms with van der Waals surface area (Å²) in [5.74, 6) is 0.836. The molecule has 1 atom stereocenters. The molecule has 0 saturated carbocycles. The molecule has 1 aliphatic heterocycles. The van der Waals surface area contributed by atoms with Crippen LogP contribution in [0, 0.1) is 0 Å². The maximum absolute atomic E-state index is 11.8. The van der Waals surface area contributed by atoms with E-state index < -0.39 is 0 Å². The van der Waals surface area contributed by atoms with Gasteiger partial charge in [-0.1, -0.05) is 0 Å². The number of hydrogen-bond acceptors (Lipinski definition) is 3. The number of hydrogen-bond donors (Lipinski definition) is 2. The van der Waals surface area contributed by atoms with E-state index in [9.17, 15) is 4.79 Å². The lowest BCUT2D eigenvalue weighted by Gasteiger charge is -2.17. The molecule has 1 aromatic rings. The molecule has 1 unspecified atom stereocenters. The molecular formula is C13H17BrN2O2. The molecule has 1 heterocycles. The molecule has 1 fully saturated rings. The predicted octanol–water partition coefficient (Wildman–Crippen LogP) is 2.54. The molecule has 1 aromatic carbocycles. The van der Waals surface area contributed by atoms with Crippen molar-refractivity contribution in [2.75, 3.05) is 19.0 Å². The number of ether oxygens (including phenoxy) is 1. The lowest BCUT2D eigenvalue weighted by molar-refractivity contribution is -0.121. The minimum absolute atomic E-state index is 0.0781. The summed E-state index contributed by atoms with van der Waals surface area (Å²) in [5.41, 5.74) is 0.900. The SMILES string of the molecule is COc1cc(NC2CCCCNC2=O)ccc1Br. The molecule has 2 rings (SSSR count). The zero-order chi connectivity index (χ0) is 13.0. The van der Waals surface area contributed by atoms with Gasteiger partial charge in [0.25, 0.3) is 0 Å². The van der Waals surface area contributed by atoms with Crippen molar-refractivity contribution in [1.82, 2.24) is 5.32 Å². The Balaban J connectivity index is 2.10. The summed E-state index contributed by atoms with van der Waals surface area (Å²) in [4.78, 5) is 11.8. The number of nitrogens with one attached hydrogen (secondary N) is 2. The number of anilines is 1. The van der Waals surface area contributed by atoms with Crippen molar-refractivity contribution in [3.8, 4) is 5.75 Å². The van der Waals surface area contributed by atoms with Gasteiger partial charge in [-0.05, 0) is 47.3 Å². The first-order chi connectivity index (χ1) is 8.70. The molecule has 0 spiro atoms. The highest BCUT2D eigenvalue weighted by Crippen LogP contribution is 2.28. The van der Waals surface area contributed by atoms with Gasteiger partial charge in [0.2, 0.25) is 5.91 Å². The minimum atomic E-state index is -0.154. The van der Waals surface area contributed by atoms with Crippen LogP contribution in [0.2, 0.25) is 0 Å². The third-order valence-electron chi connectivity index (χ3n) is 3.03. The van der Waals surface area contributed by atoms with Crippen LogP contribution in [-0.2, 0) is 4.79 Å². The largest absolute Gasteiger partial charge is 0.495 e. The molecule has 5 heteroatoms. The van der Waals surface area contributed by atoms with Gasteiger partial charge >= 0.3 is 0 Å². The van der Waals surface area contributed by atoms with Crippen LogP contribution in [-0.4, -0.2) is 25.6 Å². The Hall–Kier alpha value is -1.23. The smallest absolute Gasteiger partial charge is 0.242 e. The van der Waals surface area contributed by atoms with Crippen molar-refractivity contribution in [2.45, 2.75) is 25.3 Å². The molecule has 98 valence electrons. The number of methoxy groups -OCH3 is 1. The molecule has 1 saturated heterocycles. The summed E-state index contributed by atoms with van der Waals surface area (Å²) in [6, 6.07) is 5.58. The van der Waals surface area contributed by atoms with Gasteiger partial charge in [0, 0.05) is 18.3 Å². The zero-order valence-corrected chi connectivity index (χ0v) is 11.9. The fourth-order valence-corrected chi connectivity index (χ4v) is 2.44. The fraction of sp³-hybridized carbons (Fsp3) is 0.462. The Kier molecular flexibility index (Phi) is 4.47. The van der Waals surface area contributed by atoms with Crippen LogP contribution in [0.25, 0.3) is 0 Å². The first-order valence-corrected chi connectivity index (χ1v) is 6.88. The maximum Gasteiger partial charge on any atom is 0.242 e. The van der Waals surface area contributed by atoms with Crippen LogP contribution in [0.4, 0.5) is 5.69 Å². The average Bonchev–Trinajstić information content (AvgIpc) is 2.57. The van der Waals surface area contributed by atoms with E-state index in [4.69, 9.17) is 4.74 Å². The second kappa shape index (κ2) is 6.09. The number of benzene rings is 1. The predicted molar refractivity (Wildman–Crippen MR) is 75.0 cm³/mol. The average molecular weight is 313 g/mol. The maximum atomic E-state index is 11.8. The standard InChI is InChI=1S/C13H17BrN2O2/c1-18-12-8-9(5-6-10(12)14)16-11-4-2-3-7-15-13(11)17/h5-6,8,11,16H,2-4,7H2,1H3,(H,15,17). The summed E-state index contributed by atoms with van der Waals surface area (Å²) in [6.07, 6.45) is 2.97. The monoisotopic (exact) mass is 312 g/mol. The number of carbonyl (C=O) groups excluding carboxylic acids is 1. The first kappa shape index (κ1) is 13.2. The van der Waals surface area contributed by atoms with Crippen molar-refractivity contribution in [2.24, 2.45) is 0 Å². The topological polar surface area (TPSA) is 50.4 Å². The molecule has 2 N–H and O–H groups in total. The van der Waals surface area contributed by atoms with Gasteiger partial charge in [0.05, 0.1) is 11.6 Å². The van der Waals surface area contributed by atoms with E-state index in [1.54, 1.807) is 7.11 Å². The van der Waals surface area contributed by atoms with Gasteiger partial charge in [-0.3, -0.25) is 4.79 Å². The lowest BCUT2D eigenvalue weighted by atomic mass is 10.1. The summed E-state index contributed by atoms with van der Waals surface area (Å²) >= 11 is 3.41. The zero-order valence-electron chi connectivity index (χ0n) is 10.3. The molecular weight excluding hydrogens is 296 g/mol. The first-order valence-electron chi connectivity index (χ1n) is 6.08. The van der Waals surface area contributed by atoms with Crippen LogP contribution in [0.3, 0.4) is 0 Å². The van der Waals surface area contributed by atoms with Gasteiger partial charge in [-0.25, -0.2) is 0 Å². The van der Waals surface area contributed by atoms with Crippen molar-refractivity contribution in [3.05, 3.63) is 22.7 Å². The molecule has 0 bridgehead atoms. The number of rotatable bonds is 3. The van der Waals surface area contributed by atoms with Crippen molar-refractivity contribution in [3.63, 3.8) is 0 Å². The van der Waals surface area contributed by atoms with Gasteiger partial charge in [-0.15, -0.1) is 0 Å². The van der Waals surface area contributed by atoms with Gasteiger partial charge in [0.15, 0.2) is 0 Å². The summed E-state index contributed by atoms with van der Waals surface area (Å²) in [5, 5.41) is 6.17. The molecule has 4 nitrogen and oxygen atoms in total. The van der Waals surface area contributed by atoms with E-state index in [1.807, 2.05) is 18.2 Å². The van der Waals surface area contributed by atoms with Crippen LogP contribution in [0.5, 0.6) is 5.75 Å². The Bertz CT molecular complexity index is 437. The minimum Gasteiger partial charge on any atom is -0.495 e. The quantitative estimate of drug-likeness (QED) is 0.901. The molecule has 0 aromatic heterocycles. The summed E-state index contributed by atoms with van der Waals surface area (Å²) < 4.78 is 6.14. The van der Waals surface area contributed by atoms with E-state index >= 15 is 0 Å². The lowest BCUT2D eigenvalue weighted by Crippen LogP contribution is -2.37. The Morgan fingerprint density at radius 3 is 3.06 bits per heavy atom. The van der Waals surface area contributed by atoms with Gasteiger partial charge in [-0.2, -0.15) is 0 Å². The second-order valence-electron chi connectivity index (χ2n) is 4.33. The van der Waals surface area contributed by atoms with E-state index in [2.05, 4.69) is 26.6 Å². The van der Waals surface area contributed by atoms with Crippen molar-refractivity contribution in [1.29, 1.82) is 0 Å². The Morgan fingerprint density at radius 1 is 1.44 bits per heavy atom. The van der Waals surface area contributed by atoms with Crippen LogP contribution in [0.15, 0.2) is 22.7 Å². The summed E-state index contributed by atoms with van der Waals surface area (Å²) in [6.45, 7) is 0.778. The van der Waals surface area contributed by atoms with E-state index in [-0.39, 0.29) is 11.9 Å². The van der Waals surface area contributed by atoms with Gasteiger partial charge < -0.3 is 15.4 Å². The molecule has 18 heavy (non-hydrogen) atoms. The highest BCUT2D eigenvalue weighted by Gasteiger charge is 2.20. The van der Waals surface area contributed by atoms with E-state index in [1.165, 1.54) is 0 Å². The molecule has 1 aliphatic rings. The van der Waals surface area contributed by atoms with Crippen molar-refractivity contribution >= 4 is 27.5 Å². The van der Waals surface area contributed by atoms with E-state index in [0.29, 0.717) is 0 Å². The Morgan fingerprint density at radius 2 is 2.28 bits per heavy atom. The number of halogens is 1. The van der Waals surface area contributed by atoms with Gasteiger partial charge in [0.1, 0.15) is 11.8 Å². The number of carbonyl (C=O) groups is 1. The molecule has 0 aliphatic carbocycles. The van der Waals surface area contributed by atoms with Crippen LogP contribution in [0.1, 0.15) is 19.3 Å². The number of amides is 1. The highest BCUT2D eigenvalue weighted by molar-refractivity contribution is 9.10. The molecule has 1 amide bonds. The summed E-state index contributed by atoms with van der Waals surface area (Å²) in [7, 11) is 1.63. The fourth-order valence-electron chi connectivity index (χ4n) is 2.03. The highest BCUT2D eigenvalue weighted by atomic mass is 79.9. The van der Waals surface area contributed by atoms with Crippen LogP contribution >= 0.6 is 15.9 Å². The van der Waals surface area contributed by atoms with Crippen molar-refractivity contribution < 1.29 is 9.53 Å². The normalized spacial score (nSPS) is 19.9.